The van der Waals surface area contributed by atoms with Crippen LogP contribution in [-0.2, 0) is 4.79 Å². The molecule has 0 unspecified atom stereocenters. The highest BCUT2D eigenvalue weighted by Gasteiger charge is 2.14. The lowest BCUT2D eigenvalue weighted by atomic mass is 10.2. The van der Waals surface area contributed by atoms with Gasteiger partial charge < -0.3 is 10.3 Å². The molecule has 2 heterocycles. The van der Waals surface area contributed by atoms with Crippen molar-refractivity contribution in [2.45, 2.75) is 32.0 Å². The van der Waals surface area contributed by atoms with E-state index in [0.29, 0.717) is 5.82 Å². The fraction of sp³-hybridized carbons (Fsp3) is 0.333. The molecule has 1 aromatic carbocycles. The lowest BCUT2D eigenvalue weighted by molar-refractivity contribution is -0.119. The molecule has 0 saturated carbocycles. The summed E-state index contributed by atoms with van der Waals surface area (Å²) in [4.78, 5) is 23.9. The minimum Gasteiger partial charge on any atom is -0.346 e. The third-order valence-electron chi connectivity index (χ3n) is 3.33. The maximum Gasteiger partial charge on any atom is 0.231 e. The highest BCUT2D eigenvalue weighted by atomic mass is 32.2. The SMILES string of the molecule is Cc1ccc2nc(SCC(=O)N[C@H](C)c3n[nH]c(C)n3)[nH]c2c1. The number of nitrogens with one attached hydrogen (secondary N) is 3. The van der Waals surface area contributed by atoms with E-state index in [-0.39, 0.29) is 17.7 Å². The molecule has 7 nitrogen and oxygen atoms in total. The molecule has 1 atom stereocenters. The largest absolute Gasteiger partial charge is 0.346 e. The van der Waals surface area contributed by atoms with E-state index in [1.807, 2.05) is 39.0 Å². The molecule has 0 aliphatic rings. The summed E-state index contributed by atoms with van der Waals surface area (Å²) < 4.78 is 0. The van der Waals surface area contributed by atoms with E-state index >= 15 is 0 Å². The Balaban J connectivity index is 1.57. The number of hydrogen-bond donors (Lipinski definition) is 3. The van der Waals surface area contributed by atoms with Gasteiger partial charge in [-0.05, 0) is 38.5 Å². The Morgan fingerprint density at radius 3 is 2.91 bits per heavy atom. The van der Waals surface area contributed by atoms with Gasteiger partial charge in [0.05, 0.1) is 22.8 Å². The number of imidazole rings is 1. The first-order valence-electron chi connectivity index (χ1n) is 7.28. The summed E-state index contributed by atoms with van der Waals surface area (Å²) in [6.07, 6.45) is 0. The number of nitrogens with zero attached hydrogens (tertiary/aromatic N) is 3. The summed E-state index contributed by atoms with van der Waals surface area (Å²) in [5, 5.41) is 10.4. The third kappa shape index (κ3) is 3.70. The average Bonchev–Trinajstić information content (AvgIpc) is 3.10. The van der Waals surface area contributed by atoms with Gasteiger partial charge in [0, 0.05) is 0 Å². The molecule has 0 aliphatic heterocycles. The van der Waals surface area contributed by atoms with Gasteiger partial charge in [-0.15, -0.1) is 0 Å². The molecule has 3 aromatic rings. The van der Waals surface area contributed by atoms with Gasteiger partial charge in [0.15, 0.2) is 11.0 Å². The van der Waals surface area contributed by atoms with Crippen molar-refractivity contribution < 1.29 is 4.79 Å². The Hall–Kier alpha value is -2.35. The molecule has 120 valence electrons. The number of carbonyl (C=O) groups is 1. The number of H-pyrrole nitrogens is 2. The van der Waals surface area contributed by atoms with Crippen LogP contribution in [0.1, 0.15) is 30.2 Å². The predicted octanol–water partition coefficient (Wildman–Crippen LogP) is 2.27. The van der Waals surface area contributed by atoms with E-state index in [9.17, 15) is 4.79 Å². The zero-order valence-corrected chi connectivity index (χ0v) is 14.0. The van der Waals surface area contributed by atoms with E-state index in [1.54, 1.807) is 0 Å². The number of amides is 1. The van der Waals surface area contributed by atoms with Gasteiger partial charge >= 0.3 is 0 Å². The summed E-state index contributed by atoms with van der Waals surface area (Å²) in [7, 11) is 0. The van der Waals surface area contributed by atoms with Gasteiger partial charge in [0.1, 0.15) is 5.82 Å². The van der Waals surface area contributed by atoms with Crippen molar-refractivity contribution in [1.29, 1.82) is 0 Å². The van der Waals surface area contributed by atoms with Crippen LogP contribution < -0.4 is 5.32 Å². The van der Waals surface area contributed by atoms with Crippen LogP contribution >= 0.6 is 11.8 Å². The zero-order chi connectivity index (χ0) is 16.4. The smallest absolute Gasteiger partial charge is 0.231 e. The molecule has 3 rings (SSSR count). The van der Waals surface area contributed by atoms with Crippen LogP contribution in [0.2, 0.25) is 0 Å². The van der Waals surface area contributed by atoms with Gasteiger partial charge in [0.2, 0.25) is 5.91 Å². The zero-order valence-electron chi connectivity index (χ0n) is 13.2. The lowest BCUT2D eigenvalue weighted by Gasteiger charge is -2.09. The highest BCUT2D eigenvalue weighted by Crippen LogP contribution is 2.20. The number of aromatic nitrogens is 5. The van der Waals surface area contributed by atoms with Crippen LogP contribution in [0.25, 0.3) is 11.0 Å². The first-order valence-corrected chi connectivity index (χ1v) is 8.27. The molecule has 0 spiro atoms. The molecule has 0 aliphatic carbocycles. The number of hydrogen-bond acceptors (Lipinski definition) is 5. The van der Waals surface area contributed by atoms with Crippen molar-refractivity contribution in [3.05, 3.63) is 35.4 Å². The number of rotatable bonds is 5. The number of benzene rings is 1. The molecule has 0 fully saturated rings. The van der Waals surface area contributed by atoms with Crippen molar-refractivity contribution in [1.82, 2.24) is 30.5 Å². The first kappa shape index (κ1) is 15.5. The second-order valence-corrected chi connectivity index (χ2v) is 6.38. The minimum absolute atomic E-state index is 0.0819. The van der Waals surface area contributed by atoms with Crippen LogP contribution in [0.3, 0.4) is 0 Å². The van der Waals surface area contributed by atoms with Crippen LogP contribution in [0, 0.1) is 13.8 Å². The van der Waals surface area contributed by atoms with Gasteiger partial charge in [0.25, 0.3) is 0 Å². The van der Waals surface area contributed by atoms with Gasteiger partial charge in [-0.1, -0.05) is 17.8 Å². The van der Waals surface area contributed by atoms with Gasteiger partial charge in [-0.2, -0.15) is 5.10 Å². The molecule has 3 N–H and O–H groups in total. The number of fused-ring (bicyclic) bond motifs is 1. The topological polar surface area (TPSA) is 99.3 Å². The summed E-state index contributed by atoms with van der Waals surface area (Å²) >= 11 is 1.38. The summed E-state index contributed by atoms with van der Waals surface area (Å²) in [5.41, 5.74) is 3.06. The van der Waals surface area contributed by atoms with Crippen molar-refractivity contribution >= 4 is 28.7 Å². The molecule has 8 heteroatoms. The number of aromatic amines is 2. The fourth-order valence-electron chi connectivity index (χ4n) is 2.20. The molecular formula is C15H18N6OS. The van der Waals surface area contributed by atoms with Crippen LogP contribution in [-0.4, -0.2) is 36.8 Å². The van der Waals surface area contributed by atoms with E-state index < -0.39 is 0 Å². The molecule has 0 saturated heterocycles. The van der Waals surface area contributed by atoms with Crippen molar-refractivity contribution in [2.24, 2.45) is 0 Å². The summed E-state index contributed by atoms with van der Waals surface area (Å²) in [5.74, 6) is 1.52. The standard InChI is InChI=1S/C15H18N6OS/c1-8-4-5-11-12(6-8)19-15(18-11)23-7-13(22)16-9(2)14-17-10(3)20-21-14/h4-6,9H,7H2,1-3H3,(H,16,22)(H,18,19)(H,17,20,21)/t9-/m1/s1. The Kier molecular flexibility index (Phi) is 4.33. The Labute approximate surface area is 137 Å². The van der Waals surface area contributed by atoms with E-state index in [0.717, 1.165) is 22.0 Å². The fourth-order valence-corrected chi connectivity index (χ4v) is 2.90. The quantitative estimate of drug-likeness (QED) is 0.623. The molecule has 0 radical (unpaired) electrons. The minimum atomic E-state index is -0.230. The van der Waals surface area contributed by atoms with Gasteiger partial charge in [-0.25, -0.2) is 9.97 Å². The molecule has 2 aromatic heterocycles. The highest BCUT2D eigenvalue weighted by molar-refractivity contribution is 7.99. The van der Waals surface area contributed by atoms with Crippen molar-refractivity contribution in [3.63, 3.8) is 0 Å². The van der Waals surface area contributed by atoms with Crippen LogP contribution in [0.4, 0.5) is 0 Å². The van der Waals surface area contributed by atoms with E-state index in [4.69, 9.17) is 0 Å². The van der Waals surface area contributed by atoms with Crippen LogP contribution in [0.15, 0.2) is 23.4 Å². The Morgan fingerprint density at radius 2 is 2.17 bits per heavy atom. The Bertz CT molecular complexity index is 839. The maximum absolute atomic E-state index is 12.0. The average molecular weight is 330 g/mol. The van der Waals surface area contributed by atoms with Crippen LogP contribution in [0.5, 0.6) is 0 Å². The van der Waals surface area contributed by atoms with Crippen molar-refractivity contribution in [2.75, 3.05) is 5.75 Å². The monoisotopic (exact) mass is 330 g/mol. The lowest BCUT2D eigenvalue weighted by Crippen LogP contribution is -2.28. The molecule has 23 heavy (non-hydrogen) atoms. The van der Waals surface area contributed by atoms with Crippen molar-refractivity contribution in [3.8, 4) is 0 Å². The maximum atomic E-state index is 12.0. The third-order valence-corrected chi connectivity index (χ3v) is 4.21. The van der Waals surface area contributed by atoms with E-state index in [2.05, 4.69) is 30.5 Å². The second kappa shape index (κ2) is 6.41. The van der Waals surface area contributed by atoms with E-state index in [1.165, 1.54) is 17.3 Å². The first-order chi connectivity index (χ1) is 11.0. The number of thioether (sulfide) groups is 1. The number of aryl methyl sites for hydroxylation is 2. The summed E-state index contributed by atoms with van der Waals surface area (Å²) in [6.45, 7) is 5.71. The predicted molar refractivity (Wildman–Crippen MR) is 89.2 cm³/mol. The van der Waals surface area contributed by atoms with Gasteiger partial charge in [-0.3, -0.25) is 9.89 Å². The molecule has 0 bridgehead atoms. The second-order valence-electron chi connectivity index (χ2n) is 5.42. The number of carbonyl (C=O) groups excluding carboxylic acids is 1. The summed E-state index contributed by atoms with van der Waals surface area (Å²) in [6, 6.07) is 5.80. The Morgan fingerprint density at radius 1 is 1.35 bits per heavy atom. The molecular weight excluding hydrogens is 312 g/mol. The normalized spacial score (nSPS) is 12.5. The molecule has 1 amide bonds.